The Morgan fingerprint density at radius 3 is 2.32 bits per heavy atom. The zero-order valence-corrected chi connectivity index (χ0v) is 14.5. The standard InChI is InChI=1S/C13H21N3O4S.ClH/c1-4-13(14,5-2)9-15-21(19,20)12-10(3)7-6-8-11(12)16(17)18;/h6-8,15H,4-5,9,14H2,1-3H3;1H. The van der Waals surface area contributed by atoms with Gasteiger partial charge in [0.15, 0.2) is 4.90 Å². The second-order valence-corrected chi connectivity index (χ2v) is 6.78. The summed E-state index contributed by atoms with van der Waals surface area (Å²) < 4.78 is 27.2. The molecule has 0 atom stereocenters. The summed E-state index contributed by atoms with van der Waals surface area (Å²) in [5, 5.41) is 11.0. The summed E-state index contributed by atoms with van der Waals surface area (Å²) in [6, 6.07) is 4.16. The largest absolute Gasteiger partial charge is 0.324 e. The van der Waals surface area contributed by atoms with Crippen molar-refractivity contribution in [1.82, 2.24) is 4.72 Å². The van der Waals surface area contributed by atoms with Crippen LogP contribution in [0.15, 0.2) is 23.1 Å². The molecule has 22 heavy (non-hydrogen) atoms. The summed E-state index contributed by atoms with van der Waals surface area (Å²) in [6.45, 7) is 5.30. The number of nitrogens with two attached hydrogens (primary N) is 1. The van der Waals surface area contributed by atoms with Crippen LogP contribution in [0.5, 0.6) is 0 Å². The van der Waals surface area contributed by atoms with Crippen LogP contribution >= 0.6 is 12.4 Å². The molecule has 0 fully saturated rings. The van der Waals surface area contributed by atoms with E-state index >= 15 is 0 Å². The average molecular weight is 352 g/mol. The van der Waals surface area contributed by atoms with Crippen LogP contribution in [0.25, 0.3) is 0 Å². The minimum absolute atomic E-state index is 0. The van der Waals surface area contributed by atoms with Gasteiger partial charge in [-0.15, -0.1) is 12.4 Å². The number of benzene rings is 1. The van der Waals surface area contributed by atoms with Crippen LogP contribution in [0.3, 0.4) is 0 Å². The topological polar surface area (TPSA) is 115 Å². The van der Waals surface area contributed by atoms with Crippen LogP contribution in [0.1, 0.15) is 32.3 Å². The number of nitrogens with one attached hydrogen (secondary N) is 1. The monoisotopic (exact) mass is 351 g/mol. The first-order valence-electron chi connectivity index (χ1n) is 6.69. The number of nitro benzene ring substituents is 1. The van der Waals surface area contributed by atoms with Gasteiger partial charge in [-0.1, -0.05) is 26.0 Å². The minimum Gasteiger partial charge on any atom is -0.324 e. The lowest BCUT2D eigenvalue weighted by Crippen LogP contribution is -2.49. The van der Waals surface area contributed by atoms with Crippen molar-refractivity contribution in [3.05, 3.63) is 33.9 Å². The fraction of sp³-hybridized carbons (Fsp3) is 0.538. The molecule has 1 rings (SSSR count). The summed E-state index contributed by atoms with van der Waals surface area (Å²) in [5.41, 5.74) is 5.29. The number of nitrogens with zero attached hydrogens (tertiary/aromatic N) is 1. The maximum absolute atomic E-state index is 12.4. The maximum Gasteiger partial charge on any atom is 0.289 e. The van der Waals surface area contributed by atoms with Crippen LogP contribution in [-0.2, 0) is 10.0 Å². The van der Waals surface area contributed by atoms with Crippen LogP contribution in [0, 0.1) is 17.0 Å². The highest BCUT2D eigenvalue weighted by Gasteiger charge is 2.30. The molecule has 9 heteroatoms. The highest BCUT2D eigenvalue weighted by Crippen LogP contribution is 2.27. The van der Waals surface area contributed by atoms with Crippen molar-refractivity contribution >= 4 is 28.1 Å². The smallest absolute Gasteiger partial charge is 0.289 e. The van der Waals surface area contributed by atoms with Crippen LogP contribution in [0.4, 0.5) is 5.69 Å². The van der Waals surface area contributed by atoms with Gasteiger partial charge in [0.2, 0.25) is 10.0 Å². The molecule has 1 aromatic carbocycles. The molecule has 1 aromatic rings. The van der Waals surface area contributed by atoms with Gasteiger partial charge in [-0.3, -0.25) is 10.1 Å². The molecular weight excluding hydrogens is 330 g/mol. The third kappa shape index (κ3) is 4.64. The lowest BCUT2D eigenvalue weighted by Gasteiger charge is -2.26. The Hall–Kier alpha value is -1.22. The molecule has 0 heterocycles. The molecule has 0 spiro atoms. The molecule has 0 aliphatic rings. The third-order valence-electron chi connectivity index (χ3n) is 3.68. The Bertz CT molecular complexity index is 630. The van der Waals surface area contributed by atoms with Gasteiger partial charge in [0.05, 0.1) is 4.92 Å². The molecule has 3 N–H and O–H groups in total. The first-order chi connectivity index (χ1) is 9.67. The molecule has 0 saturated carbocycles. The molecule has 0 aliphatic carbocycles. The summed E-state index contributed by atoms with van der Waals surface area (Å²) in [6.07, 6.45) is 1.20. The van der Waals surface area contributed by atoms with E-state index in [4.69, 9.17) is 5.73 Å². The molecule has 0 aromatic heterocycles. The first-order valence-corrected chi connectivity index (χ1v) is 8.17. The number of sulfonamides is 1. The fourth-order valence-electron chi connectivity index (χ4n) is 1.94. The predicted molar refractivity (Wildman–Crippen MR) is 87.8 cm³/mol. The third-order valence-corrected chi connectivity index (χ3v) is 5.27. The number of halogens is 1. The molecule has 0 saturated heterocycles. The van der Waals surface area contributed by atoms with Crippen molar-refractivity contribution in [3.63, 3.8) is 0 Å². The van der Waals surface area contributed by atoms with Crippen molar-refractivity contribution in [2.45, 2.75) is 44.0 Å². The molecule has 0 radical (unpaired) electrons. The highest BCUT2D eigenvalue weighted by molar-refractivity contribution is 7.89. The Morgan fingerprint density at radius 2 is 1.86 bits per heavy atom. The van der Waals surface area contributed by atoms with E-state index in [-0.39, 0.29) is 23.8 Å². The highest BCUT2D eigenvalue weighted by atomic mass is 35.5. The van der Waals surface area contributed by atoms with Gasteiger partial charge < -0.3 is 5.73 Å². The van der Waals surface area contributed by atoms with E-state index in [9.17, 15) is 18.5 Å². The molecule has 0 unspecified atom stereocenters. The Balaban J connectivity index is 0.00000441. The number of nitro groups is 1. The van der Waals surface area contributed by atoms with E-state index in [1.54, 1.807) is 0 Å². The first kappa shape index (κ1) is 20.8. The zero-order valence-electron chi connectivity index (χ0n) is 12.8. The van der Waals surface area contributed by atoms with E-state index in [1.807, 2.05) is 13.8 Å². The normalized spacial score (nSPS) is 11.8. The quantitative estimate of drug-likeness (QED) is 0.576. The molecule has 0 aliphatic heterocycles. The van der Waals surface area contributed by atoms with Gasteiger partial charge in [0, 0.05) is 18.2 Å². The van der Waals surface area contributed by atoms with Crippen molar-refractivity contribution in [2.24, 2.45) is 5.73 Å². The molecule has 0 bridgehead atoms. The number of hydrogen-bond donors (Lipinski definition) is 2. The van der Waals surface area contributed by atoms with Crippen molar-refractivity contribution in [3.8, 4) is 0 Å². The van der Waals surface area contributed by atoms with Crippen molar-refractivity contribution < 1.29 is 13.3 Å². The summed E-state index contributed by atoms with van der Waals surface area (Å²) in [4.78, 5) is 10.0. The lowest BCUT2D eigenvalue weighted by atomic mass is 9.95. The van der Waals surface area contributed by atoms with Gasteiger partial charge in [-0.25, -0.2) is 13.1 Å². The van der Waals surface area contributed by atoms with Crippen LogP contribution in [-0.4, -0.2) is 25.4 Å². The molecular formula is C13H22ClN3O4S. The van der Waals surface area contributed by atoms with Crippen LogP contribution < -0.4 is 10.5 Å². The second kappa shape index (κ2) is 7.87. The maximum atomic E-state index is 12.4. The van der Waals surface area contributed by atoms with Gasteiger partial charge in [-0.05, 0) is 25.3 Å². The summed E-state index contributed by atoms with van der Waals surface area (Å²) in [7, 11) is -3.99. The summed E-state index contributed by atoms with van der Waals surface area (Å²) in [5.74, 6) is 0. The summed E-state index contributed by atoms with van der Waals surface area (Å²) >= 11 is 0. The van der Waals surface area contributed by atoms with Gasteiger partial charge >= 0.3 is 0 Å². The SMILES string of the molecule is CCC(N)(CC)CNS(=O)(=O)c1c(C)cccc1[N+](=O)[O-].Cl. The number of aryl methyl sites for hydroxylation is 1. The van der Waals surface area contributed by atoms with E-state index in [1.165, 1.54) is 25.1 Å². The zero-order chi connectivity index (χ0) is 16.3. The predicted octanol–water partition coefficient (Wildman–Crippen LogP) is 2.12. The van der Waals surface area contributed by atoms with Crippen molar-refractivity contribution in [1.29, 1.82) is 0 Å². The Labute approximate surface area is 136 Å². The lowest BCUT2D eigenvalue weighted by molar-refractivity contribution is -0.387. The van der Waals surface area contributed by atoms with E-state index in [2.05, 4.69) is 4.72 Å². The molecule has 126 valence electrons. The Morgan fingerprint density at radius 1 is 1.32 bits per heavy atom. The van der Waals surface area contributed by atoms with E-state index in [0.717, 1.165) is 0 Å². The fourth-order valence-corrected chi connectivity index (χ4v) is 3.47. The van der Waals surface area contributed by atoms with Gasteiger partial charge in [-0.2, -0.15) is 0 Å². The molecule has 0 amide bonds. The number of hydrogen-bond acceptors (Lipinski definition) is 5. The van der Waals surface area contributed by atoms with Gasteiger partial charge in [0.25, 0.3) is 5.69 Å². The van der Waals surface area contributed by atoms with Crippen molar-refractivity contribution in [2.75, 3.05) is 6.54 Å². The molecule has 7 nitrogen and oxygen atoms in total. The number of rotatable bonds is 7. The van der Waals surface area contributed by atoms with E-state index < -0.39 is 26.2 Å². The minimum atomic E-state index is -3.99. The van der Waals surface area contributed by atoms with E-state index in [0.29, 0.717) is 18.4 Å². The van der Waals surface area contributed by atoms with Crippen LogP contribution in [0.2, 0.25) is 0 Å². The Kier molecular flexibility index (Phi) is 7.43. The second-order valence-electron chi connectivity index (χ2n) is 5.07. The average Bonchev–Trinajstić information content (AvgIpc) is 2.44. The van der Waals surface area contributed by atoms with Gasteiger partial charge in [0.1, 0.15) is 0 Å².